The van der Waals surface area contributed by atoms with Crippen molar-refractivity contribution >= 4 is 0 Å². The summed E-state index contributed by atoms with van der Waals surface area (Å²) in [7, 11) is 0. The van der Waals surface area contributed by atoms with E-state index in [9.17, 15) is 0 Å². The van der Waals surface area contributed by atoms with Crippen molar-refractivity contribution in [1.29, 1.82) is 0 Å². The molecule has 3 heteroatoms. The Morgan fingerprint density at radius 2 is 1.94 bits per heavy atom. The van der Waals surface area contributed by atoms with E-state index < -0.39 is 6.29 Å². The minimum absolute atomic E-state index is 0.273. The van der Waals surface area contributed by atoms with Gasteiger partial charge in [0.1, 0.15) is 0 Å². The average molecular weight is 242 g/mol. The summed E-state index contributed by atoms with van der Waals surface area (Å²) in [6.07, 6.45) is 7.43. The molecule has 0 radical (unpaired) electrons. The quantitative estimate of drug-likeness (QED) is 0.383. The number of hydrogen-bond acceptors (Lipinski definition) is 3. The topological polar surface area (TPSA) is 38.7 Å². The smallest absolute Gasteiger partial charge is 0.151 e. The Morgan fingerprint density at radius 3 is 2.47 bits per heavy atom. The van der Waals surface area contributed by atoms with Crippen LogP contribution in [-0.2, 0) is 9.47 Å². The zero-order chi connectivity index (χ0) is 13.1. The van der Waals surface area contributed by atoms with E-state index in [0.717, 1.165) is 18.6 Å². The van der Waals surface area contributed by atoms with Crippen LogP contribution < -0.4 is 0 Å². The van der Waals surface area contributed by atoms with E-state index >= 15 is 0 Å². The fraction of sp³-hybridized carbons (Fsp3) is 0.714. The van der Waals surface area contributed by atoms with Crippen LogP contribution in [0.25, 0.3) is 0 Å². The second kappa shape index (κ2) is 10.4. The van der Waals surface area contributed by atoms with Crippen molar-refractivity contribution < 1.29 is 14.6 Å². The van der Waals surface area contributed by atoms with Gasteiger partial charge in [0, 0.05) is 12.3 Å². The van der Waals surface area contributed by atoms with E-state index in [1.54, 1.807) is 6.92 Å². The van der Waals surface area contributed by atoms with Gasteiger partial charge < -0.3 is 14.6 Å². The van der Waals surface area contributed by atoms with Crippen LogP contribution in [0.3, 0.4) is 0 Å². The summed E-state index contributed by atoms with van der Waals surface area (Å²) in [5.74, 6) is 1.26. The van der Waals surface area contributed by atoms with Crippen molar-refractivity contribution in [3.63, 3.8) is 0 Å². The molecule has 0 aliphatic heterocycles. The molecule has 0 aromatic rings. The van der Waals surface area contributed by atoms with Crippen LogP contribution in [0, 0.1) is 5.92 Å². The molecular formula is C14H26O3. The SMILES string of the molecule is C/C=C(\C/C=C\CC)OCC(C)COC(C)O. The molecule has 0 aliphatic rings. The molecule has 2 atom stereocenters. The summed E-state index contributed by atoms with van der Waals surface area (Å²) in [5.41, 5.74) is 0. The molecule has 0 saturated carbocycles. The van der Waals surface area contributed by atoms with E-state index in [1.807, 2.05) is 19.9 Å². The number of allylic oxidation sites excluding steroid dienone is 3. The van der Waals surface area contributed by atoms with Crippen molar-refractivity contribution in [2.45, 2.75) is 46.8 Å². The largest absolute Gasteiger partial charge is 0.498 e. The van der Waals surface area contributed by atoms with Gasteiger partial charge in [-0.05, 0) is 26.3 Å². The summed E-state index contributed by atoms with van der Waals surface area (Å²) in [6.45, 7) is 8.87. The van der Waals surface area contributed by atoms with Crippen LogP contribution >= 0.6 is 0 Å². The molecule has 2 unspecified atom stereocenters. The Kier molecular flexibility index (Phi) is 9.87. The number of ether oxygens (including phenoxy) is 2. The Morgan fingerprint density at radius 1 is 1.24 bits per heavy atom. The molecular weight excluding hydrogens is 216 g/mol. The van der Waals surface area contributed by atoms with Gasteiger partial charge in [0.15, 0.2) is 6.29 Å². The summed E-state index contributed by atoms with van der Waals surface area (Å²) in [5, 5.41) is 8.98. The van der Waals surface area contributed by atoms with Crippen LogP contribution in [0.4, 0.5) is 0 Å². The molecule has 0 saturated heterocycles. The Bertz CT molecular complexity index is 232. The Hall–Kier alpha value is -0.800. The summed E-state index contributed by atoms with van der Waals surface area (Å²) >= 11 is 0. The fourth-order valence-corrected chi connectivity index (χ4v) is 1.23. The van der Waals surface area contributed by atoms with Gasteiger partial charge in [-0.3, -0.25) is 0 Å². The maximum absolute atomic E-state index is 8.98. The predicted molar refractivity (Wildman–Crippen MR) is 70.6 cm³/mol. The lowest BCUT2D eigenvalue weighted by Gasteiger charge is -2.15. The first-order chi connectivity index (χ1) is 8.10. The molecule has 100 valence electrons. The monoisotopic (exact) mass is 242 g/mol. The van der Waals surface area contributed by atoms with Crippen LogP contribution in [-0.4, -0.2) is 24.6 Å². The molecule has 0 amide bonds. The second-order valence-corrected chi connectivity index (χ2v) is 4.19. The third-order valence-electron chi connectivity index (χ3n) is 2.22. The van der Waals surface area contributed by atoms with E-state index in [0.29, 0.717) is 13.2 Å². The maximum Gasteiger partial charge on any atom is 0.151 e. The third-order valence-corrected chi connectivity index (χ3v) is 2.22. The van der Waals surface area contributed by atoms with Crippen LogP contribution in [0.1, 0.15) is 40.5 Å². The van der Waals surface area contributed by atoms with Crippen molar-refractivity contribution in [2.75, 3.05) is 13.2 Å². The normalized spacial score (nSPS) is 16.2. The van der Waals surface area contributed by atoms with Crippen molar-refractivity contribution in [2.24, 2.45) is 5.92 Å². The van der Waals surface area contributed by atoms with Crippen molar-refractivity contribution in [3.8, 4) is 0 Å². The average Bonchev–Trinajstić information content (AvgIpc) is 2.31. The van der Waals surface area contributed by atoms with Crippen molar-refractivity contribution in [1.82, 2.24) is 0 Å². The molecule has 0 rings (SSSR count). The lowest BCUT2D eigenvalue weighted by Crippen LogP contribution is -2.17. The molecule has 3 nitrogen and oxygen atoms in total. The second-order valence-electron chi connectivity index (χ2n) is 4.19. The number of rotatable bonds is 9. The zero-order valence-electron chi connectivity index (χ0n) is 11.5. The summed E-state index contributed by atoms with van der Waals surface area (Å²) < 4.78 is 10.8. The van der Waals surface area contributed by atoms with E-state index in [1.165, 1.54) is 0 Å². The highest BCUT2D eigenvalue weighted by Gasteiger charge is 2.06. The van der Waals surface area contributed by atoms with E-state index in [2.05, 4.69) is 19.1 Å². The van der Waals surface area contributed by atoms with E-state index in [4.69, 9.17) is 14.6 Å². The molecule has 0 fully saturated rings. The zero-order valence-corrected chi connectivity index (χ0v) is 11.5. The molecule has 0 aliphatic carbocycles. The highest BCUT2D eigenvalue weighted by molar-refractivity contribution is 4.99. The van der Waals surface area contributed by atoms with Gasteiger partial charge in [-0.1, -0.05) is 26.0 Å². The molecule has 1 N–H and O–H groups in total. The van der Waals surface area contributed by atoms with Gasteiger partial charge in [0.2, 0.25) is 0 Å². The Labute approximate surface area is 105 Å². The third kappa shape index (κ3) is 10.1. The minimum Gasteiger partial charge on any atom is -0.498 e. The molecule has 0 heterocycles. The molecule has 17 heavy (non-hydrogen) atoms. The number of aliphatic hydroxyl groups is 1. The number of aliphatic hydroxyl groups excluding tert-OH is 1. The lowest BCUT2D eigenvalue weighted by molar-refractivity contribution is -0.0991. The summed E-state index contributed by atoms with van der Waals surface area (Å²) in [6, 6.07) is 0. The van der Waals surface area contributed by atoms with Gasteiger partial charge in [0.05, 0.1) is 19.0 Å². The van der Waals surface area contributed by atoms with Crippen LogP contribution in [0.5, 0.6) is 0 Å². The first-order valence-electron chi connectivity index (χ1n) is 6.32. The molecule has 0 aromatic heterocycles. The minimum atomic E-state index is -0.703. The highest BCUT2D eigenvalue weighted by atomic mass is 16.6. The lowest BCUT2D eigenvalue weighted by atomic mass is 10.2. The number of hydrogen-bond donors (Lipinski definition) is 1. The standard InChI is InChI=1S/C14H26O3/c1-5-7-8-9-14(6-2)17-11-12(3)10-16-13(4)15/h6-8,12-13,15H,5,9-11H2,1-4H3/b8-7-,14-6+. The van der Waals surface area contributed by atoms with Gasteiger partial charge >= 0.3 is 0 Å². The van der Waals surface area contributed by atoms with E-state index in [-0.39, 0.29) is 5.92 Å². The Balaban J connectivity index is 3.78. The molecule has 0 bridgehead atoms. The van der Waals surface area contributed by atoms with Crippen LogP contribution in [0.15, 0.2) is 24.0 Å². The summed E-state index contributed by atoms with van der Waals surface area (Å²) in [4.78, 5) is 0. The first kappa shape index (κ1) is 16.2. The fourth-order valence-electron chi connectivity index (χ4n) is 1.23. The van der Waals surface area contributed by atoms with Crippen LogP contribution in [0.2, 0.25) is 0 Å². The van der Waals surface area contributed by atoms with Crippen molar-refractivity contribution in [3.05, 3.63) is 24.0 Å². The van der Waals surface area contributed by atoms with Gasteiger partial charge in [-0.25, -0.2) is 0 Å². The van der Waals surface area contributed by atoms with Gasteiger partial charge in [0.25, 0.3) is 0 Å². The first-order valence-corrected chi connectivity index (χ1v) is 6.32. The maximum atomic E-state index is 8.98. The molecule has 0 spiro atoms. The van der Waals surface area contributed by atoms with Gasteiger partial charge in [-0.2, -0.15) is 0 Å². The molecule has 0 aromatic carbocycles. The predicted octanol–water partition coefficient (Wildman–Crippen LogP) is 3.25. The highest BCUT2D eigenvalue weighted by Crippen LogP contribution is 2.08. The van der Waals surface area contributed by atoms with Gasteiger partial charge in [-0.15, -0.1) is 0 Å².